The Labute approximate surface area is 246 Å². The number of nitrogens with one attached hydrogen (secondary N) is 4. The summed E-state index contributed by atoms with van der Waals surface area (Å²) in [6.45, 7) is 21.7. The summed E-state index contributed by atoms with van der Waals surface area (Å²) < 4.78 is 11.6. The van der Waals surface area contributed by atoms with E-state index in [0.29, 0.717) is 16.8 Å². The SMILES string of the molecule is CC(C)[C@H](N)C(=O)N[C@@H](C)C(=O)Nc1ccc(CO[Si](C)(C)C(C)(C)C)c(C(=O)NCCNC(=O)OC(C)(C)C)c1. The molecule has 0 aliphatic rings. The lowest BCUT2D eigenvalue weighted by atomic mass is 10.0. The predicted octanol–water partition coefficient (Wildman–Crippen LogP) is 3.89. The monoisotopic (exact) mass is 593 g/mol. The molecule has 11 nitrogen and oxygen atoms in total. The number of hydrogen-bond donors (Lipinski definition) is 5. The molecule has 0 radical (unpaired) electrons. The van der Waals surface area contributed by atoms with E-state index in [4.69, 9.17) is 14.9 Å². The Hall–Kier alpha value is -2.96. The number of carbonyl (C=O) groups excluding carboxylic acids is 4. The van der Waals surface area contributed by atoms with Gasteiger partial charge in [0.2, 0.25) is 11.8 Å². The van der Waals surface area contributed by atoms with Gasteiger partial charge in [-0.1, -0.05) is 40.7 Å². The van der Waals surface area contributed by atoms with Crippen molar-refractivity contribution in [2.24, 2.45) is 11.7 Å². The van der Waals surface area contributed by atoms with Gasteiger partial charge >= 0.3 is 6.09 Å². The molecular formula is C29H51N5O6Si. The van der Waals surface area contributed by atoms with E-state index < -0.39 is 43.9 Å². The molecule has 0 unspecified atom stereocenters. The highest BCUT2D eigenvalue weighted by atomic mass is 28.4. The van der Waals surface area contributed by atoms with E-state index in [0.717, 1.165) is 0 Å². The molecule has 1 aromatic carbocycles. The molecule has 0 aliphatic heterocycles. The summed E-state index contributed by atoms with van der Waals surface area (Å²) in [5, 5.41) is 10.8. The van der Waals surface area contributed by atoms with Crippen LogP contribution in [0.1, 0.15) is 78.2 Å². The van der Waals surface area contributed by atoms with Crippen LogP contribution in [0.15, 0.2) is 18.2 Å². The van der Waals surface area contributed by atoms with Crippen molar-refractivity contribution >= 4 is 37.8 Å². The van der Waals surface area contributed by atoms with E-state index in [2.05, 4.69) is 55.1 Å². The first-order chi connectivity index (χ1) is 18.6. The first-order valence-corrected chi connectivity index (χ1v) is 16.9. The zero-order valence-electron chi connectivity index (χ0n) is 26.6. The molecule has 0 fully saturated rings. The maximum absolute atomic E-state index is 13.2. The second-order valence-corrected chi connectivity index (χ2v) is 17.9. The summed E-state index contributed by atoms with van der Waals surface area (Å²) in [4.78, 5) is 50.2. The van der Waals surface area contributed by atoms with Gasteiger partial charge in [-0.15, -0.1) is 0 Å². The van der Waals surface area contributed by atoms with Crippen LogP contribution in [0.4, 0.5) is 10.5 Å². The van der Waals surface area contributed by atoms with Gasteiger partial charge in [0.1, 0.15) is 11.6 Å². The smallest absolute Gasteiger partial charge is 0.407 e. The second kappa shape index (κ2) is 14.8. The van der Waals surface area contributed by atoms with Crippen LogP contribution in [0.3, 0.4) is 0 Å². The number of carbonyl (C=O) groups is 4. The molecule has 232 valence electrons. The van der Waals surface area contributed by atoms with Crippen LogP contribution in [0, 0.1) is 5.92 Å². The minimum atomic E-state index is -2.11. The number of benzene rings is 1. The summed E-state index contributed by atoms with van der Waals surface area (Å²) in [6, 6.07) is 3.44. The van der Waals surface area contributed by atoms with E-state index in [1.54, 1.807) is 45.9 Å². The summed E-state index contributed by atoms with van der Waals surface area (Å²) in [5.74, 6) is -1.33. The molecule has 6 N–H and O–H groups in total. The Morgan fingerprint density at radius 1 is 0.927 bits per heavy atom. The van der Waals surface area contributed by atoms with E-state index >= 15 is 0 Å². The average Bonchev–Trinajstić information content (AvgIpc) is 2.83. The molecule has 1 rings (SSSR count). The van der Waals surface area contributed by atoms with Crippen LogP contribution in [0.25, 0.3) is 0 Å². The standard InChI is InChI=1S/C29H51N5O6Si/c1-18(2)23(30)26(37)33-19(3)24(35)34-21-13-12-20(17-39-41(10,11)29(7,8)9)22(16-21)25(36)31-14-15-32-27(38)40-28(4,5)6/h12-13,16,18-19,23H,14-15,17,30H2,1-11H3,(H,31,36)(H,32,38)(H,33,37)(H,34,35)/t19-,23-/m0/s1. The fourth-order valence-corrected chi connectivity index (χ4v) is 4.09. The molecular weight excluding hydrogens is 542 g/mol. The number of alkyl carbamates (subject to hydrolysis) is 1. The lowest BCUT2D eigenvalue weighted by molar-refractivity contribution is -0.127. The molecule has 12 heteroatoms. The van der Waals surface area contributed by atoms with Crippen molar-refractivity contribution in [3.8, 4) is 0 Å². The van der Waals surface area contributed by atoms with Crippen molar-refractivity contribution in [2.75, 3.05) is 18.4 Å². The maximum Gasteiger partial charge on any atom is 0.407 e. The Balaban J connectivity index is 3.05. The number of anilines is 1. The van der Waals surface area contributed by atoms with Crippen LogP contribution >= 0.6 is 0 Å². The zero-order valence-corrected chi connectivity index (χ0v) is 27.6. The fourth-order valence-electron chi connectivity index (χ4n) is 3.14. The maximum atomic E-state index is 13.2. The van der Waals surface area contributed by atoms with E-state index in [1.807, 2.05) is 13.8 Å². The van der Waals surface area contributed by atoms with Crippen molar-refractivity contribution in [3.63, 3.8) is 0 Å². The van der Waals surface area contributed by atoms with Gasteiger partial charge in [-0.3, -0.25) is 14.4 Å². The highest BCUT2D eigenvalue weighted by Gasteiger charge is 2.37. The molecule has 1 aromatic rings. The molecule has 4 amide bonds. The summed E-state index contributed by atoms with van der Waals surface area (Å²) in [7, 11) is -2.11. The lowest BCUT2D eigenvalue weighted by Gasteiger charge is -2.36. The summed E-state index contributed by atoms with van der Waals surface area (Å²) >= 11 is 0. The van der Waals surface area contributed by atoms with Crippen molar-refractivity contribution in [1.29, 1.82) is 0 Å². The van der Waals surface area contributed by atoms with E-state index in [1.165, 1.54) is 0 Å². The van der Waals surface area contributed by atoms with Gasteiger partial charge in [0.25, 0.3) is 5.91 Å². The van der Waals surface area contributed by atoms with Crippen LogP contribution < -0.4 is 27.0 Å². The van der Waals surface area contributed by atoms with Gasteiger partial charge in [-0.05, 0) is 69.4 Å². The quantitative estimate of drug-likeness (QED) is 0.181. The largest absolute Gasteiger partial charge is 0.444 e. The Morgan fingerprint density at radius 3 is 2.05 bits per heavy atom. The van der Waals surface area contributed by atoms with Crippen molar-refractivity contribution in [1.82, 2.24) is 16.0 Å². The number of rotatable bonds is 12. The second-order valence-electron chi connectivity index (χ2n) is 13.1. The van der Waals surface area contributed by atoms with Gasteiger partial charge < -0.3 is 36.2 Å². The number of ether oxygens (including phenoxy) is 1. The zero-order chi connectivity index (χ0) is 31.8. The van der Waals surface area contributed by atoms with Gasteiger partial charge in [0.05, 0.1) is 12.6 Å². The number of hydrogen-bond acceptors (Lipinski definition) is 7. The Bertz CT molecular complexity index is 1080. The van der Waals surface area contributed by atoms with Gasteiger partial charge in [0, 0.05) is 24.3 Å². The Morgan fingerprint density at radius 2 is 1.51 bits per heavy atom. The van der Waals surface area contributed by atoms with Crippen molar-refractivity contribution < 1.29 is 28.3 Å². The first-order valence-electron chi connectivity index (χ1n) is 14.0. The minimum Gasteiger partial charge on any atom is -0.444 e. The first kappa shape index (κ1) is 36.1. The highest BCUT2D eigenvalue weighted by Crippen LogP contribution is 2.37. The van der Waals surface area contributed by atoms with Gasteiger partial charge in [-0.2, -0.15) is 0 Å². The summed E-state index contributed by atoms with van der Waals surface area (Å²) in [6.07, 6.45) is -0.574. The molecule has 0 aromatic heterocycles. The molecule has 0 saturated carbocycles. The molecule has 0 saturated heterocycles. The van der Waals surface area contributed by atoms with Gasteiger partial charge in [-0.25, -0.2) is 4.79 Å². The molecule has 0 spiro atoms. The minimum absolute atomic E-state index is 0.0185. The van der Waals surface area contributed by atoms with Crippen LogP contribution in [0.2, 0.25) is 18.1 Å². The van der Waals surface area contributed by atoms with Crippen molar-refractivity contribution in [3.05, 3.63) is 29.3 Å². The number of nitrogens with two attached hydrogens (primary N) is 1. The third kappa shape index (κ3) is 12.2. The molecule has 0 aliphatic carbocycles. The predicted molar refractivity (Wildman–Crippen MR) is 164 cm³/mol. The third-order valence-corrected chi connectivity index (χ3v) is 11.3. The molecule has 2 atom stereocenters. The summed E-state index contributed by atoms with van der Waals surface area (Å²) in [5.41, 5.74) is 6.63. The van der Waals surface area contributed by atoms with Crippen LogP contribution in [-0.2, 0) is 25.4 Å². The molecule has 0 heterocycles. The number of amides is 4. The average molecular weight is 594 g/mol. The van der Waals surface area contributed by atoms with E-state index in [9.17, 15) is 19.2 Å². The molecule has 0 bridgehead atoms. The Kier molecular flexibility index (Phi) is 13.0. The normalized spacial score (nSPS) is 13.7. The molecule has 41 heavy (non-hydrogen) atoms. The van der Waals surface area contributed by atoms with E-state index in [-0.39, 0.29) is 36.6 Å². The van der Waals surface area contributed by atoms with Crippen LogP contribution in [-0.4, -0.2) is 62.9 Å². The third-order valence-electron chi connectivity index (χ3n) is 6.87. The fraction of sp³-hybridized carbons (Fsp3) is 0.655. The lowest BCUT2D eigenvalue weighted by Crippen LogP contribution is -2.50. The van der Waals surface area contributed by atoms with Crippen molar-refractivity contribution in [2.45, 2.75) is 105 Å². The topological polar surface area (TPSA) is 161 Å². The van der Waals surface area contributed by atoms with Gasteiger partial charge in [0.15, 0.2) is 8.32 Å². The highest BCUT2D eigenvalue weighted by molar-refractivity contribution is 6.74. The van der Waals surface area contributed by atoms with Crippen LogP contribution in [0.5, 0.6) is 0 Å².